The summed E-state index contributed by atoms with van der Waals surface area (Å²) in [5.74, 6) is -0.856. The number of hydrogen-bond acceptors (Lipinski definition) is 2. The Morgan fingerprint density at radius 1 is 1.25 bits per heavy atom. The van der Waals surface area contributed by atoms with Crippen molar-refractivity contribution in [2.75, 3.05) is 19.6 Å². The van der Waals surface area contributed by atoms with E-state index in [0.29, 0.717) is 12.8 Å². The maximum absolute atomic E-state index is 12.5. The second kappa shape index (κ2) is 5.83. The summed E-state index contributed by atoms with van der Waals surface area (Å²) in [5, 5.41) is 0. The van der Waals surface area contributed by atoms with E-state index in [0.717, 1.165) is 16.0 Å². The number of carbonyl (C=O) groups is 1. The van der Waals surface area contributed by atoms with Crippen molar-refractivity contribution in [1.82, 2.24) is 4.90 Å². The molecular formula is C14H17F3N2O. The summed E-state index contributed by atoms with van der Waals surface area (Å²) in [6, 6.07) is 7.58. The van der Waals surface area contributed by atoms with Gasteiger partial charge in [0.05, 0.1) is 0 Å². The molecule has 20 heavy (non-hydrogen) atoms. The number of nitrogens with zero attached hydrogens (tertiary/aromatic N) is 1. The molecule has 1 aliphatic carbocycles. The molecule has 1 aromatic carbocycles. The van der Waals surface area contributed by atoms with Gasteiger partial charge in [-0.1, -0.05) is 24.3 Å². The summed E-state index contributed by atoms with van der Waals surface area (Å²) in [6.45, 7) is -1.26. The zero-order chi connectivity index (χ0) is 14.8. The Bertz CT molecular complexity index is 463. The van der Waals surface area contributed by atoms with Crippen molar-refractivity contribution in [3.05, 3.63) is 35.4 Å². The standard InChI is InChI=1S/C14H17F3N2O/c15-14(16,17)9-19(6-5-18)13(20)12-7-10-3-1-2-4-11(10)8-12/h1-4,12H,5-9,18H2. The van der Waals surface area contributed by atoms with Crippen molar-refractivity contribution in [2.45, 2.75) is 19.0 Å². The van der Waals surface area contributed by atoms with Gasteiger partial charge in [-0.3, -0.25) is 4.79 Å². The van der Waals surface area contributed by atoms with Gasteiger partial charge in [-0.2, -0.15) is 13.2 Å². The summed E-state index contributed by atoms with van der Waals surface area (Å²) in [7, 11) is 0. The number of hydrogen-bond donors (Lipinski definition) is 1. The maximum atomic E-state index is 12.5. The molecule has 0 fully saturated rings. The van der Waals surface area contributed by atoms with Crippen LogP contribution in [0.1, 0.15) is 11.1 Å². The third-order valence-electron chi connectivity index (χ3n) is 3.48. The normalized spacial score (nSPS) is 15.2. The fraction of sp³-hybridized carbons (Fsp3) is 0.500. The SMILES string of the molecule is NCCN(CC(F)(F)F)C(=O)C1Cc2ccccc2C1. The number of carbonyl (C=O) groups excluding carboxylic acids is 1. The van der Waals surface area contributed by atoms with Gasteiger partial charge in [0.1, 0.15) is 6.54 Å². The molecule has 0 atom stereocenters. The molecule has 110 valence electrons. The maximum Gasteiger partial charge on any atom is 0.406 e. The van der Waals surface area contributed by atoms with Crippen LogP contribution in [0.15, 0.2) is 24.3 Å². The molecule has 3 nitrogen and oxygen atoms in total. The summed E-state index contributed by atoms with van der Waals surface area (Å²) in [5.41, 5.74) is 7.40. The highest BCUT2D eigenvalue weighted by atomic mass is 19.4. The quantitative estimate of drug-likeness (QED) is 0.916. The van der Waals surface area contributed by atoms with Crippen LogP contribution in [0.5, 0.6) is 0 Å². The first kappa shape index (κ1) is 14.8. The monoisotopic (exact) mass is 286 g/mol. The minimum absolute atomic E-state index is 0.0293. The molecule has 0 aromatic heterocycles. The highest BCUT2D eigenvalue weighted by molar-refractivity contribution is 5.80. The predicted octanol–water partition coefficient (Wildman–Crippen LogP) is 1.75. The van der Waals surface area contributed by atoms with E-state index in [1.54, 1.807) is 0 Å². The lowest BCUT2D eigenvalue weighted by Crippen LogP contribution is -2.44. The lowest BCUT2D eigenvalue weighted by atomic mass is 10.0. The van der Waals surface area contributed by atoms with E-state index in [-0.39, 0.29) is 13.1 Å². The van der Waals surface area contributed by atoms with Crippen LogP contribution >= 0.6 is 0 Å². The fourth-order valence-electron chi connectivity index (χ4n) is 2.63. The number of benzene rings is 1. The molecule has 0 spiro atoms. The molecule has 0 aliphatic heterocycles. The molecule has 0 saturated carbocycles. The minimum Gasteiger partial charge on any atom is -0.332 e. The molecule has 2 rings (SSSR count). The predicted molar refractivity (Wildman–Crippen MR) is 69.0 cm³/mol. The van der Waals surface area contributed by atoms with Crippen LogP contribution in [0.3, 0.4) is 0 Å². The van der Waals surface area contributed by atoms with Crippen molar-refractivity contribution in [2.24, 2.45) is 11.7 Å². The average Bonchev–Trinajstić information content (AvgIpc) is 2.79. The van der Waals surface area contributed by atoms with Gasteiger partial charge >= 0.3 is 6.18 Å². The summed E-state index contributed by atoms with van der Waals surface area (Å²) in [4.78, 5) is 13.1. The van der Waals surface area contributed by atoms with Gasteiger partial charge in [0.25, 0.3) is 0 Å². The largest absolute Gasteiger partial charge is 0.406 e. The third kappa shape index (κ3) is 3.50. The molecule has 0 heterocycles. The zero-order valence-electron chi connectivity index (χ0n) is 11.0. The van der Waals surface area contributed by atoms with Crippen molar-refractivity contribution in [1.29, 1.82) is 0 Å². The molecule has 1 aliphatic rings. The molecule has 0 unspecified atom stereocenters. The Kier molecular flexibility index (Phi) is 4.32. The lowest BCUT2D eigenvalue weighted by Gasteiger charge is -2.26. The number of amides is 1. The number of halogens is 3. The van der Waals surface area contributed by atoms with Crippen LogP contribution in [0.4, 0.5) is 13.2 Å². The van der Waals surface area contributed by atoms with Gasteiger partial charge < -0.3 is 10.6 Å². The Balaban J connectivity index is 2.06. The van der Waals surface area contributed by atoms with E-state index < -0.39 is 24.5 Å². The smallest absolute Gasteiger partial charge is 0.332 e. The Labute approximate surface area is 115 Å². The highest BCUT2D eigenvalue weighted by Crippen LogP contribution is 2.28. The van der Waals surface area contributed by atoms with E-state index in [2.05, 4.69) is 0 Å². The zero-order valence-corrected chi connectivity index (χ0v) is 11.0. The Morgan fingerprint density at radius 2 is 1.80 bits per heavy atom. The summed E-state index contributed by atoms with van der Waals surface area (Å²) < 4.78 is 37.5. The molecule has 6 heteroatoms. The molecule has 1 aromatic rings. The van der Waals surface area contributed by atoms with Crippen molar-refractivity contribution >= 4 is 5.91 Å². The van der Waals surface area contributed by atoms with Crippen LogP contribution in [-0.2, 0) is 17.6 Å². The van der Waals surface area contributed by atoms with Crippen LogP contribution in [0, 0.1) is 5.92 Å². The first-order valence-corrected chi connectivity index (χ1v) is 6.53. The summed E-state index contributed by atoms with van der Waals surface area (Å²) in [6.07, 6.45) is -3.38. The first-order valence-electron chi connectivity index (χ1n) is 6.53. The van der Waals surface area contributed by atoms with Gasteiger partial charge in [-0.25, -0.2) is 0 Å². The van der Waals surface area contributed by atoms with E-state index in [1.165, 1.54) is 0 Å². The average molecular weight is 286 g/mol. The third-order valence-corrected chi connectivity index (χ3v) is 3.48. The number of alkyl halides is 3. The molecule has 0 radical (unpaired) electrons. The Hall–Kier alpha value is -1.56. The van der Waals surface area contributed by atoms with Gasteiger partial charge in [0.2, 0.25) is 5.91 Å². The first-order chi connectivity index (χ1) is 9.40. The molecular weight excluding hydrogens is 269 g/mol. The number of nitrogens with two attached hydrogens (primary N) is 1. The van der Waals surface area contributed by atoms with Crippen LogP contribution in [0.25, 0.3) is 0 Å². The van der Waals surface area contributed by atoms with Crippen LogP contribution in [-0.4, -0.2) is 36.6 Å². The van der Waals surface area contributed by atoms with Crippen LogP contribution in [0.2, 0.25) is 0 Å². The van der Waals surface area contributed by atoms with Gasteiger partial charge in [-0.05, 0) is 24.0 Å². The van der Waals surface area contributed by atoms with E-state index in [1.807, 2.05) is 24.3 Å². The fourth-order valence-corrected chi connectivity index (χ4v) is 2.63. The van der Waals surface area contributed by atoms with E-state index in [4.69, 9.17) is 5.73 Å². The molecule has 1 amide bonds. The molecule has 0 saturated heterocycles. The van der Waals surface area contributed by atoms with Crippen molar-refractivity contribution in [3.8, 4) is 0 Å². The number of rotatable bonds is 4. The summed E-state index contributed by atoms with van der Waals surface area (Å²) >= 11 is 0. The highest BCUT2D eigenvalue weighted by Gasteiger charge is 2.36. The van der Waals surface area contributed by atoms with Gasteiger partial charge in [0, 0.05) is 19.0 Å². The molecule has 0 bridgehead atoms. The van der Waals surface area contributed by atoms with E-state index >= 15 is 0 Å². The second-order valence-corrected chi connectivity index (χ2v) is 5.04. The lowest BCUT2D eigenvalue weighted by molar-refractivity contribution is -0.163. The number of fused-ring (bicyclic) bond motifs is 1. The second-order valence-electron chi connectivity index (χ2n) is 5.04. The molecule has 2 N–H and O–H groups in total. The Morgan fingerprint density at radius 3 is 2.25 bits per heavy atom. The van der Waals surface area contributed by atoms with Crippen molar-refractivity contribution in [3.63, 3.8) is 0 Å². The topological polar surface area (TPSA) is 46.3 Å². The van der Waals surface area contributed by atoms with Crippen molar-refractivity contribution < 1.29 is 18.0 Å². The van der Waals surface area contributed by atoms with E-state index in [9.17, 15) is 18.0 Å². The van der Waals surface area contributed by atoms with Gasteiger partial charge in [0.15, 0.2) is 0 Å². The minimum atomic E-state index is -4.39. The van der Waals surface area contributed by atoms with Gasteiger partial charge in [-0.15, -0.1) is 0 Å². The van der Waals surface area contributed by atoms with Crippen LogP contribution < -0.4 is 5.73 Å².